The fourth-order valence-corrected chi connectivity index (χ4v) is 5.40. The van der Waals surface area contributed by atoms with Crippen LogP contribution in [-0.2, 0) is 28.9 Å². The van der Waals surface area contributed by atoms with Gasteiger partial charge in [0.25, 0.3) is 0 Å². The van der Waals surface area contributed by atoms with Gasteiger partial charge in [-0.15, -0.1) is 11.3 Å². The van der Waals surface area contributed by atoms with E-state index in [1.54, 1.807) is 11.3 Å². The Balaban J connectivity index is 1.36. The highest BCUT2D eigenvalue weighted by molar-refractivity contribution is 7.15. The van der Waals surface area contributed by atoms with Gasteiger partial charge in [0.15, 0.2) is 5.13 Å². The van der Waals surface area contributed by atoms with Crippen molar-refractivity contribution in [2.45, 2.75) is 46.0 Å². The second-order valence-electron chi connectivity index (χ2n) is 8.07. The molecular formula is C23H30N4O2S. The maximum Gasteiger partial charge on any atom is 0.227 e. The highest BCUT2D eigenvalue weighted by Crippen LogP contribution is 2.35. The molecule has 160 valence electrons. The Labute approximate surface area is 182 Å². The molecule has 1 fully saturated rings. The number of nitrogens with zero attached hydrogens (tertiary/aromatic N) is 3. The molecule has 0 saturated carbocycles. The number of amides is 2. The zero-order valence-corrected chi connectivity index (χ0v) is 18.6. The van der Waals surface area contributed by atoms with Crippen molar-refractivity contribution in [3.63, 3.8) is 0 Å². The molecule has 2 heterocycles. The number of aromatic nitrogens is 1. The third-order valence-corrected chi connectivity index (χ3v) is 7.31. The first-order valence-corrected chi connectivity index (χ1v) is 11.8. The maximum absolute atomic E-state index is 12.8. The van der Waals surface area contributed by atoms with Gasteiger partial charge in [-0.2, -0.15) is 0 Å². The van der Waals surface area contributed by atoms with Crippen molar-refractivity contribution in [2.75, 3.05) is 36.4 Å². The minimum absolute atomic E-state index is 0.00400. The first kappa shape index (κ1) is 20.8. The number of nitrogens with one attached hydrogen (secondary N) is 1. The molecule has 0 radical (unpaired) electrons. The molecule has 2 aromatic rings. The molecule has 30 heavy (non-hydrogen) atoms. The van der Waals surface area contributed by atoms with Gasteiger partial charge in [0, 0.05) is 49.1 Å². The molecule has 1 atom stereocenters. The Kier molecular flexibility index (Phi) is 6.37. The van der Waals surface area contributed by atoms with E-state index in [0.29, 0.717) is 6.42 Å². The van der Waals surface area contributed by atoms with Crippen LogP contribution in [0, 0.1) is 5.92 Å². The molecule has 2 aliphatic rings. The summed E-state index contributed by atoms with van der Waals surface area (Å²) >= 11 is 1.72. The molecule has 1 N–H and O–H groups in total. The molecule has 1 saturated heterocycles. The summed E-state index contributed by atoms with van der Waals surface area (Å²) in [6.45, 7) is 7.22. The Bertz CT molecular complexity index is 900. The van der Waals surface area contributed by atoms with Crippen molar-refractivity contribution in [1.29, 1.82) is 0 Å². The van der Waals surface area contributed by atoms with E-state index in [9.17, 15) is 9.59 Å². The molecule has 6 nitrogen and oxygen atoms in total. The van der Waals surface area contributed by atoms with E-state index < -0.39 is 0 Å². The number of hydrogen-bond donors (Lipinski definition) is 1. The Morgan fingerprint density at radius 1 is 1.13 bits per heavy atom. The Morgan fingerprint density at radius 3 is 2.53 bits per heavy atom. The summed E-state index contributed by atoms with van der Waals surface area (Å²) in [7, 11) is 0. The number of hydrogen-bond acceptors (Lipinski definition) is 5. The topological polar surface area (TPSA) is 65.5 Å². The van der Waals surface area contributed by atoms with Gasteiger partial charge in [0.05, 0.1) is 5.69 Å². The number of carbonyl (C=O) groups excluding carboxylic acids is 2. The number of carbonyl (C=O) groups is 2. The Hall–Kier alpha value is -2.41. The van der Waals surface area contributed by atoms with Gasteiger partial charge >= 0.3 is 0 Å². The normalized spacial score (nSPS) is 18.8. The smallest absolute Gasteiger partial charge is 0.227 e. The molecule has 2 amide bonds. The molecule has 0 bridgehead atoms. The molecule has 1 aliphatic carbocycles. The fraction of sp³-hybridized carbons (Fsp3) is 0.522. The molecular weight excluding hydrogens is 396 g/mol. The second kappa shape index (κ2) is 9.16. The molecule has 1 aromatic heterocycles. The molecule has 4 rings (SSSR count). The van der Waals surface area contributed by atoms with Crippen LogP contribution in [0.2, 0.25) is 0 Å². The fourth-order valence-electron chi connectivity index (χ4n) is 4.16. The van der Waals surface area contributed by atoms with E-state index >= 15 is 0 Å². The number of thiazole rings is 1. The minimum atomic E-state index is -0.00400. The maximum atomic E-state index is 12.8. The molecule has 0 unspecified atom stereocenters. The average molecular weight is 427 g/mol. The standard InChI is InChI=1S/C23H30N4O2S/c1-3-16-5-8-18(9-6-16)24-22(29)17-7-10-19-20(15-17)30-23(25-19)27-13-11-26(12-14-27)21(28)4-2/h5-6,8-9,17H,3-4,7,10-15H2,1-2H3,(H,24,29)/t17-/m1/s1. The van der Waals surface area contributed by atoms with Crippen molar-refractivity contribution in [2.24, 2.45) is 5.92 Å². The van der Waals surface area contributed by atoms with Gasteiger partial charge in [-0.1, -0.05) is 26.0 Å². The zero-order chi connectivity index (χ0) is 21.1. The summed E-state index contributed by atoms with van der Waals surface area (Å²) in [5.41, 5.74) is 3.29. The van der Waals surface area contributed by atoms with Gasteiger partial charge in [-0.3, -0.25) is 9.59 Å². The molecule has 0 spiro atoms. The number of piperazine rings is 1. The van der Waals surface area contributed by atoms with Crippen molar-refractivity contribution in [3.05, 3.63) is 40.4 Å². The molecule has 1 aromatic carbocycles. The average Bonchev–Trinajstić information content (AvgIpc) is 3.22. The number of aryl methyl sites for hydroxylation is 2. The summed E-state index contributed by atoms with van der Waals surface area (Å²) in [4.78, 5) is 35.0. The van der Waals surface area contributed by atoms with Crippen LogP contribution in [0.1, 0.15) is 42.8 Å². The zero-order valence-electron chi connectivity index (χ0n) is 17.8. The van der Waals surface area contributed by atoms with Crippen LogP contribution in [0.25, 0.3) is 0 Å². The van der Waals surface area contributed by atoms with Crippen LogP contribution in [0.5, 0.6) is 0 Å². The summed E-state index contributed by atoms with van der Waals surface area (Å²) in [6, 6.07) is 8.10. The highest BCUT2D eigenvalue weighted by atomic mass is 32.1. The van der Waals surface area contributed by atoms with Gasteiger partial charge in [-0.25, -0.2) is 4.98 Å². The molecule has 7 heteroatoms. The number of benzene rings is 1. The summed E-state index contributed by atoms with van der Waals surface area (Å²) < 4.78 is 0. The predicted octanol–water partition coefficient (Wildman–Crippen LogP) is 3.51. The van der Waals surface area contributed by atoms with Crippen LogP contribution in [0.15, 0.2) is 24.3 Å². The van der Waals surface area contributed by atoms with Crippen molar-refractivity contribution >= 4 is 34.0 Å². The third-order valence-electron chi connectivity index (χ3n) is 6.13. The number of fused-ring (bicyclic) bond motifs is 1. The van der Waals surface area contributed by atoms with Gasteiger partial charge in [0.2, 0.25) is 11.8 Å². The van der Waals surface area contributed by atoms with Crippen LogP contribution in [0.4, 0.5) is 10.8 Å². The Morgan fingerprint density at radius 2 is 1.87 bits per heavy atom. The lowest BCUT2D eigenvalue weighted by Gasteiger charge is -2.34. The van der Waals surface area contributed by atoms with E-state index in [4.69, 9.17) is 4.98 Å². The monoisotopic (exact) mass is 426 g/mol. The van der Waals surface area contributed by atoms with E-state index in [1.807, 2.05) is 24.0 Å². The lowest BCUT2D eigenvalue weighted by molar-refractivity contribution is -0.131. The lowest BCUT2D eigenvalue weighted by atomic mass is 9.90. The largest absolute Gasteiger partial charge is 0.345 e. The van der Waals surface area contributed by atoms with Crippen molar-refractivity contribution in [1.82, 2.24) is 9.88 Å². The predicted molar refractivity (Wildman–Crippen MR) is 121 cm³/mol. The van der Waals surface area contributed by atoms with E-state index in [0.717, 1.165) is 68.4 Å². The quantitative estimate of drug-likeness (QED) is 0.795. The van der Waals surface area contributed by atoms with E-state index in [2.05, 4.69) is 29.3 Å². The lowest BCUT2D eigenvalue weighted by Crippen LogP contribution is -2.48. The van der Waals surface area contributed by atoms with Crippen LogP contribution in [0.3, 0.4) is 0 Å². The van der Waals surface area contributed by atoms with E-state index in [-0.39, 0.29) is 17.7 Å². The van der Waals surface area contributed by atoms with Gasteiger partial charge < -0.3 is 15.1 Å². The van der Waals surface area contributed by atoms with Crippen molar-refractivity contribution < 1.29 is 9.59 Å². The first-order chi connectivity index (χ1) is 14.6. The summed E-state index contributed by atoms with van der Waals surface area (Å²) in [5, 5.41) is 4.12. The highest BCUT2D eigenvalue weighted by Gasteiger charge is 2.29. The number of anilines is 2. The van der Waals surface area contributed by atoms with Gasteiger partial charge in [-0.05, 0) is 43.4 Å². The van der Waals surface area contributed by atoms with Crippen LogP contribution < -0.4 is 10.2 Å². The summed E-state index contributed by atoms with van der Waals surface area (Å²) in [6.07, 6.45) is 4.02. The SMILES string of the molecule is CCC(=O)N1CCN(c2nc3c(s2)C[C@H](C(=O)Nc2ccc(CC)cc2)CC3)CC1. The van der Waals surface area contributed by atoms with Crippen molar-refractivity contribution in [3.8, 4) is 0 Å². The van der Waals surface area contributed by atoms with E-state index in [1.165, 1.54) is 10.4 Å². The van der Waals surface area contributed by atoms with Crippen LogP contribution in [-0.4, -0.2) is 47.9 Å². The second-order valence-corrected chi connectivity index (χ2v) is 9.13. The number of rotatable bonds is 5. The third kappa shape index (κ3) is 4.51. The minimum Gasteiger partial charge on any atom is -0.345 e. The first-order valence-electron chi connectivity index (χ1n) is 11.0. The summed E-state index contributed by atoms with van der Waals surface area (Å²) in [5.74, 6) is 0.327. The van der Waals surface area contributed by atoms with Gasteiger partial charge in [0.1, 0.15) is 0 Å². The molecule has 1 aliphatic heterocycles. The van der Waals surface area contributed by atoms with Crippen LogP contribution >= 0.6 is 11.3 Å².